The van der Waals surface area contributed by atoms with Crippen molar-refractivity contribution in [1.29, 1.82) is 0 Å². The summed E-state index contributed by atoms with van der Waals surface area (Å²) in [6.45, 7) is 4.33. The summed E-state index contributed by atoms with van der Waals surface area (Å²) in [4.78, 5) is 0. The van der Waals surface area contributed by atoms with E-state index < -0.39 is 0 Å². The smallest absolute Gasteiger partial charge is 0.146 e. The van der Waals surface area contributed by atoms with E-state index in [0.717, 1.165) is 22.3 Å². The summed E-state index contributed by atoms with van der Waals surface area (Å²) in [5, 5.41) is 6.17. The number of hydrogen-bond acceptors (Lipinski definition) is 2. The van der Waals surface area contributed by atoms with Crippen LogP contribution >= 0.6 is 15.9 Å². The van der Waals surface area contributed by atoms with Crippen LogP contribution in [0.1, 0.15) is 31.0 Å². The largest absolute Gasteiger partial charge is 0.494 e. The molecule has 1 N–H and O–H groups in total. The van der Waals surface area contributed by atoms with Gasteiger partial charge in [0.15, 0.2) is 0 Å². The first-order chi connectivity index (χ1) is 11.7. The van der Waals surface area contributed by atoms with Gasteiger partial charge in [0, 0.05) is 16.1 Å². The van der Waals surface area contributed by atoms with E-state index in [1.54, 1.807) is 7.11 Å². The lowest BCUT2D eigenvalue weighted by Gasteiger charge is -2.21. The fourth-order valence-electron chi connectivity index (χ4n) is 3.22. The van der Waals surface area contributed by atoms with Crippen molar-refractivity contribution < 1.29 is 4.74 Å². The van der Waals surface area contributed by atoms with E-state index in [4.69, 9.17) is 4.74 Å². The van der Waals surface area contributed by atoms with Crippen LogP contribution in [0.4, 0.5) is 5.69 Å². The molecule has 0 heterocycles. The Kier molecular flexibility index (Phi) is 5.10. The summed E-state index contributed by atoms with van der Waals surface area (Å²) in [6, 6.07) is 19.3. The third kappa shape index (κ3) is 3.13. The molecule has 1 unspecified atom stereocenters. The molecule has 0 aromatic heterocycles. The van der Waals surface area contributed by atoms with Crippen molar-refractivity contribution in [3.63, 3.8) is 0 Å². The fourth-order valence-corrected chi connectivity index (χ4v) is 3.81. The Morgan fingerprint density at radius 2 is 1.79 bits per heavy atom. The van der Waals surface area contributed by atoms with Crippen molar-refractivity contribution in [2.45, 2.75) is 26.3 Å². The molecule has 0 aliphatic rings. The lowest BCUT2D eigenvalue weighted by atomic mass is 9.99. The minimum absolute atomic E-state index is 0.177. The maximum absolute atomic E-state index is 5.68. The number of anilines is 1. The molecule has 0 aliphatic carbocycles. The summed E-state index contributed by atoms with van der Waals surface area (Å²) in [7, 11) is 1.73. The SMILES string of the molecule is CCc1c(Br)ccc(NC(C)c2cccc3ccccc23)c1OC. The number of halogens is 1. The Bertz CT molecular complexity index is 854. The molecular formula is C21H22BrNO. The molecule has 3 heteroatoms. The Hall–Kier alpha value is -2.00. The number of ether oxygens (including phenoxy) is 1. The van der Waals surface area contributed by atoms with Crippen LogP contribution in [0, 0.1) is 0 Å². The van der Waals surface area contributed by atoms with E-state index >= 15 is 0 Å². The van der Waals surface area contributed by atoms with Gasteiger partial charge in [-0.05, 0) is 41.8 Å². The van der Waals surface area contributed by atoms with Gasteiger partial charge in [-0.2, -0.15) is 0 Å². The zero-order valence-corrected chi connectivity index (χ0v) is 15.9. The van der Waals surface area contributed by atoms with Crippen LogP contribution in [-0.4, -0.2) is 7.11 Å². The van der Waals surface area contributed by atoms with Crippen LogP contribution in [0.25, 0.3) is 10.8 Å². The highest BCUT2D eigenvalue weighted by atomic mass is 79.9. The second-order valence-electron chi connectivity index (χ2n) is 5.89. The molecule has 0 amide bonds. The summed E-state index contributed by atoms with van der Waals surface area (Å²) in [5.74, 6) is 0.916. The molecule has 0 saturated heterocycles. The van der Waals surface area contributed by atoms with Crippen LogP contribution in [0.15, 0.2) is 59.1 Å². The van der Waals surface area contributed by atoms with E-state index in [0.29, 0.717) is 0 Å². The first-order valence-corrected chi connectivity index (χ1v) is 9.04. The van der Waals surface area contributed by atoms with Crippen molar-refractivity contribution >= 4 is 32.4 Å². The number of hydrogen-bond donors (Lipinski definition) is 1. The third-order valence-corrected chi connectivity index (χ3v) is 5.17. The molecule has 24 heavy (non-hydrogen) atoms. The summed E-state index contributed by atoms with van der Waals surface area (Å²) in [5.41, 5.74) is 3.50. The third-order valence-electron chi connectivity index (χ3n) is 4.42. The van der Waals surface area contributed by atoms with Crippen molar-refractivity contribution in [2.75, 3.05) is 12.4 Å². The van der Waals surface area contributed by atoms with E-state index in [1.807, 2.05) is 0 Å². The quantitative estimate of drug-likeness (QED) is 0.554. The zero-order valence-electron chi connectivity index (χ0n) is 14.3. The van der Waals surface area contributed by atoms with Crippen LogP contribution in [0.2, 0.25) is 0 Å². The van der Waals surface area contributed by atoms with Crippen LogP contribution in [-0.2, 0) is 6.42 Å². The summed E-state index contributed by atoms with van der Waals surface area (Å²) < 4.78 is 6.77. The molecule has 0 fully saturated rings. The number of nitrogens with one attached hydrogen (secondary N) is 1. The number of benzene rings is 3. The second-order valence-corrected chi connectivity index (χ2v) is 6.75. The van der Waals surface area contributed by atoms with Gasteiger partial charge in [-0.25, -0.2) is 0 Å². The highest BCUT2D eigenvalue weighted by Gasteiger charge is 2.15. The summed E-state index contributed by atoms with van der Waals surface area (Å²) >= 11 is 3.62. The maximum Gasteiger partial charge on any atom is 0.146 e. The Morgan fingerprint density at radius 1 is 1.04 bits per heavy atom. The predicted octanol–water partition coefficient (Wildman–Crippen LogP) is 6.35. The van der Waals surface area contributed by atoms with Gasteiger partial charge in [0.05, 0.1) is 12.8 Å². The van der Waals surface area contributed by atoms with Crippen LogP contribution in [0.3, 0.4) is 0 Å². The minimum atomic E-state index is 0.177. The highest BCUT2D eigenvalue weighted by molar-refractivity contribution is 9.10. The van der Waals surface area contributed by atoms with Crippen molar-refractivity contribution in [1.82, 2.24) is 0 Å². The van der Waals surface area contributed by atoms with Crippen LogP contribution in [0.5, 0.6) is 5.75 Å². The molecule has 0 radical (unpaired) electrons. The monoisotopic (exact) mass is 383 g/mol. The predicted molar refractivity (Wildman–Crippen MR) is 106 cm³/mol. The second kappa shape index (κ2) is 7.27. The van der Waals surface area contributed by atoms with Crippen molar-refractivity contribution in [3.8, 4) is 5.75 Å². The lowest BCUT2D eigenvalue weighted by molar-refractivity contribution is 0.411. The Balaban J connectivity index is 1.99. The van der Waals surface area contributed by atoms with E-state index in [9.17, 15) is 0 Å². The number of fused-ring (bicyclic) bond motifs is 1. The topological polar surface area (TPSA) is 21.3 Å². The molecule has 3 rings (SSSR count). The van der Waals surface area contributed by atoms with Crippen molar-refractivity contribution in [2.24, 2.45) is 0 Å². The highest BCUT2D eigenvalue weighted by Crippen LogP contribution is 2.37. The first-order valence-electron chi connectivity index (χ1n) is 8.25. The molecule has 0 saturated carbocycles. The first kappa shape index (κ1) is 16.8. The average molecular weight is 384 g/mol. The fraction of sp³-hybridized carbons (Fsp3) is 0.238. The van der Waals surface area contributed by atoms with Crippen molar-refractivity contribution in [3.05, 3.63) is 70.2 Å². The van der Waals surface area contributed by atoms with Gasteiger partial charge in [-0.15, -0.1) is 0 Å². The number of methoxy groups -OCH3 is 1. The minimum Gasteiger partial charge on any atom is -0.494 e. The van der Waals surface area contributed by atoms with Gasteiger partial charge in [0.1, 0.15) is 5.75 Å². The number of rotatable bonds is 5. The van der Waals surface area contributed by atoms with Gasteiger partial charge in [-0.1, -0.05) is 65.3 Å². The molecule has 0 bridgehead atoms. The molecule has 0 spiro atoms. The molecule has 1 atom stereocenters. The Labute approximate surface area is 152 Å². The molecule has 124 valence electrons. The maximum atomic E-state index is 5.68. The van der Waals surface area contributed by atoms with Crippen LogP contribution < -0.4 is 10.1 Å². The van der Waals surface area contributed by atoms with Gasteiger partial charge >= 0.3 is 0 Å². The standard InChI is InChI=1S/C21H22BrNO/c1-4-16-19(22)12-13-20(21(16)24-3)23-14(2)17-11-7-9-15-8-5-6-10-18(15)17/h5-14,23H,4H2,1-3H3. The molecule has 0 aliphatic heterocycles. The lowest BCUT2D eigenvalue weighted by Crippen LogP contribution is -2.09. The molecule has 3 aromatic rings. The average Bonchev–Trinajstić information content (AvgIpc) is 2.62. The summed E-state index contributed by atoms with van der Waals surface area (Å²) in [6.07, 6.45) is 0.919. The molecule has 2 nitrogen and oxygen atoms in total. The van der Waals surface area contributed by atoms with E-state index in [2.05, 4.69) is 89.7 Å². The Morgan fingerprint density at radius 3 is 2.54 bits per heavy atom. The molecular weight excluding hydrogens is 362 g/mol. The van der Waals surface area contributed by atoms with Gasteiger partial charge in [0.2, 0.25) is 0 Å². The molecule has 3 aromatic carbocycles. The van der Waals surface area contributed by atoms with Gasteiger partial charge in [0.25, 0.3) is 0 Å². The normalized spacial score (nSPS) is 12.2. The van der Waals surface area contributed by atoms with Gasteiger partial charge in [-0.3, -0.25) is 0 Å². The van der Waals surface area contributed by atoms with E-state index in [-0.39, 0.29) is 6.04 Å². The zero-order chi connectivity index (χ0) is 17.1. The van der Waals surface area contributed by atoms with E-state index in [1.165, 1.54) is 21.9 Å². The van der Waals surface area contributed by atoms with Gasteiger partial charge < -0.3 is 10.1 Å².